The van der Waals surface area contributed by atoms with Crippen LogP contribution in [0.3, 0.4) is 0 Å². The van der Waals surface area contributed by atoms with Gasteiger partial charge in [-0.3, -0.25) is 0 Å². The van der Waals surface area contributed by atoms with Crippen molar-refractivity contribution in [2.75, 3.05) is 0 Å². The van der Waals surface area contributed by atoms with Crippen molar-refractivity contribution in [2.45, 2.75) is 39.0 Å². The van der Waals surface area contributed by atoms with Crippen LogP contribution in [-0.4, -0.2) is 15.7 Å². The van der Waals surface area contributed by atoms with Crippen molar-refractivity contribution in [3.05, 3.63) is 58.7 Å². The molecule has 1 heterocycles. The fourth-order valence-corrected chi connectivity index (χ4v) is 2.57. The van der Waals surface area contributed by atoms with E-state index in [0.29, 0.717) is 24.2 Å². The highest BCUT2D eigenvalue weighted by atomic mass is 19.1. The van der Waals surface area contributed by atoms with Gasteiger partial charge >= 0.3 is 0 Å². The van der Waals surface area contributed by atoms with Gasteiger partial charge in [-0.25, -0.2) is 4.39 Å². The van der Waals surface area contributed by atoms with Gasteiger partial charge in [-0.15, -0.1) is 0 Å². The van der Waals surface area contributed by atoms with E-state index >= 15 is 0 Å². The first-order valence-corrected chi connectivity index (χ1v) is 7.64. The minimum atomic E-state index is -0.635. The average molecular weight is 315 g/mol. The first kappa shape index (κ1) is 17.2. The zero-order chi connectivity index (χ0) is 17.0. The van der Waals surface area contributed by atoms with E-state index in [0.717, 1.165) is 11.3 Å². The van der Waals surface area contributed by atoms with Crippen LogP contribution in [0, 0.1) is 24.1 Å². The number of rotatable bonds is 6. The number of aromatic nitrogens is 1. The Balaban J connectivity index is 1.91. The van der Waals surface area contributed by atoms with Crippen LogP contribution < -0.4 is 5.32 Å². The molecule has 0 bridgehead atoms. The highest BCUT2D eigenvalue weighted by Gasteiger charge is 2.14. The molecular weight excluding hydrogens is 293 g/mol. The number of hydrogen-bond donors (Lipinski definition) is 2. The number of hydrogen-bond acceptors (Lipinski definition) is 3. The van der Waals surface area contributed by atoms with Gasteiger partial charge in [0.15, 0.2) is 0 Å². The fraction of sp³-hybridized carbons (Fsp3) is 0.389. The monoisotopic (exact) mass is 315 g/mol. The molecule has 0 aliphatic carbocycles. The Bertz CT molecular complexity index is 700. The Kier molecular flexibility index (Phi) is 5.54. The Morgan fingerprint density at radius 1 is 1.35 bits per heavy atom. The smallest absolute Gasteiger partial charge is 0.123 e. The molecule has 0 spiro atoms. The number of halogens is 1. The van der Waals surface area contributed by atoms with Crippen molar-refractivity contribution >= 4 is 0 Å². The first-order chi connectivity index (χ1) is 10.9. The summed E-state index contributed by atoms with van der Waals surface area (Å²) in [5.74, 6) is -0.306. The number of nitrogens with one attached hydrogen (secondary N) is 1. The van der Waals surface area contributed by atoms with Crippen LogP contribution in [-0.2, 0) is 13.6 Å². The maximum Gasteiger partial charge on any atom is 0.123 e. The van der Waals surface area contributed by atoms with Gasteiger partial charge in [-0.1, -0.05) is 12.1 Å². The van der Waals surface area contributed by atoms with E-state index in [-0.39, 0.29) is 11.9 Å². The first-order valence-electron chi connectivity index (χ1n) is 7.64. The lowest BCUT2D eigenvalue weighted by Crippen LogP contribution is -2.27. The molecule has 23 heavy (non-hydrogen) atoms. The molecule has 2 N–H and O–H groups in total. The third-order valence-corrected chi connectivity index (χ3v) is 4.23. The number of aliphatic hydroxyl groups is 1. The molecule has 2 aromatic rings. The van der Waals surface area contributed by atoms with E-state index in [4.69, 9.17) is 5.26 Å². The van der Waals surface area contributed by atoms with E-state index in [1.165, 1.54) is 12.1 Å². The summed E-state index contributed by atoms with van der Waals surface area (Å²) in [6.45, 7) is 4.62. The molecule has 0 radical (unpaired) electrons. The van der Waals surface area contributed by atoms with Gasteiger partial charge in [0.1, 0.15) is 17.6 Å². The van der Waals surface area contributed by atoms with E-state index < -0.39 is 6.10 Å². The molecule has 122 valence electrons. The molecule has 2 unspecified atom stereocenters. The van der Waals surface area contributed by atoms with Crippen LogP contribution in [0.1, 0.15) is 42.0 Å². The third kappa shape index (κ3) is 4.19. The van der Waals surface area contributed by atoms with Crippen LogP contribution >= 0.6 is 0 Å². The van der Waals surface area contributed by atoms with Gasteiger partial charge in [-0.05, 0) is 49.6 Å². The van der Waals surface area contributed by atoms with Crippen LogP contribution in [0.2, 0.25) is 0 Å². The number of aliphatic hydroxyl groups excluding tert-OH is 1. The Morgan fingerprint density at radius 3 is 2.57 bits per heavy atom. The average Bonchev–Trinajstić information content (AvgIpc) is 2.81. The third-order valence-electron chi connectivity index (χ3n) is 4.23. The molecular formula is C18H22FN3O. The highest BCUT2D eigenvalue weighted by molar-refractivity contribution is 5.34. The van der Waals surface area contributed by atoms with Gasteiger partial charge in [0.05, 0.1) is 6.10 Å². The van der Waals surface area contributed by atoms with Gasteiger partial charge in [0.25, 0.3) is 0 Å². The summed E-state index contributed by atoms with van der Waals surface area (Å²) in [6.07, 6.45) is -0.104. The zero-order valence-electron chi connectivity index (χ0n) is 13.7. The Labute approximate surface area is 136 Å². The van der Waals surface area contributed by atoms with Gasteiger partial charge < -0.3 is 15.0 Å². The van der Waals surface area contributed by atoms with Crippen molar-refractivity contribution in [2.24, 2.45) is 7.05 Å². The molecule has 5 heteroatoms. The molecule has 0 aliphatic rings. The van der Waals surface area contributed by atoms with Crippen LogP contribution in [0.4, 0.5) is 4.39 Å². The largest absolute Gasteiger partial charge is 0.388 e. The molecule has 2 atom stereocenters. The number of nitrogens with zero attached hydrogens (tertiary/aromatic N) is 2. The van der Waals surface area contributed by atoms with Gasteiger partial charge in [-0.2, -0.15) is 5.26 Å². The highest BCUT2D eigenvalue weighted by Crippen LogP contribution is 2.19. The summed E-state index contributed by atoms with van der Waals surface area (Å²) in [6, 6.07) is 10.0. The predicted octanol–water partition coefficient (Wildman–Crippen LogP) is 2.95. The number of benzene rings is 1. The summed E-state index contributed by atoms with van der Waals surface area (Å²) in [5, 5.41) is 22.6. The summed E-state index contributed by atoms with van der Waals surface area (Å²) in [4.78, 5) is 0. The second kappa shape index (κ2) is 7.40. The molecule has 4 nitrogen and oxygen atoms in total. The van der Waals surface area contributed by atoms with Crippen LogP contribution in [0.25, 0.3) is 0 Å². The van der Waals surface area contributed by atoms with Gasteiger partial charge in [0.2, 0.25) is 0 Å². The van der Waals surface area contributed by atoms with Crippen LogP contribution in [0.15, 0.2) is 30.3 Å². The van der Waals surface area contributed by atoms with Gasteiger partial charge in [0, 0.05) is 25.3 Å². The zero-order valence-corrected chi connectivity index (χ0v) is 13.7. The van der Waals surface area contributed by atoms with E-state index in [9.17, 15) is 9.50 Å². The maximum atomic E-state index is 12.9. The summed E-state index contributed by atoms with van der Waals surface area (Å²) >= 11 is 0. The Hall–Kier alpha value is -2.16. The molecule has 0 fully saturated rings. The second-order valence-corrected chi connectivity index (χ2v) is 5.90. The van der Waals surface area contributed by atoms with Crippen molar-refractivity contribution in [1.82, 2.24) is 9.88 Å². The second-order valence-electron chi connectivity index (χ2n) is 5.90. The van der Waals surface area contributed by atoms with E-state index in [2.05, 4.69) is 11.4 Å². The lowest BCUT2D eigenvalue weighted by Gasteiger charge is -2.18. The molecule has 0 saturated heterocycles. The van der Waals surface area contributed by atoms with E-state index in [1.807, 2.05) is 31.5 Å². The van der Waals surface area contributed by atoms with Crippen LogP contribution in [0.5, 0.6) is 0 Å². The minimum Gasteiger partial charge on any atom is -0.388 e. The lowest BCUT2D eigenvalue weighted by molar-refractivity contribution is 0.153. The van der Waals surface area contributed by atoms with Crippen molar-refractivity contribution in [3.8, 4) is 6.07 Å². The normalized spacial score (nSPS) is 13.6. The summed E-state index contributed by atoms with van der Waals surface area (Å²) in [7, 11) is 1.87. The molecule has 2 rings (SSSR count). The van der Waals surface area contributed by atoms with Crippen molar-refractivity contribution in [1.29, 1.82) is 5.26 Å². The molecule has 0 aliphatic heterocycles. The molecule has 0 saturated carbocycles. The topological polar surface area (TPSA) is 61.0 Å². The SMILES string of the molecule is Cc1c(CNC(C)CC(O)c2ccc(F)cc2)cc(C#N)n1C. The molecule has 1 aromatic heterocycles. The molecule has 0 amide bonds. The lowest BCUT2D eigenvalue weighted by atomic mass is 10.0. The van der Waals surface area contributed by atoms with Crippen molar-refractivity contribution in [3.63, 3.8) is 0 Å². The van der Waals surface area contributed by atoms with E-state index in [1.54, 1.807) is 12.1 Å². The maximum absolute atomic E-state index is 12.9. The standard InChI is InChI=1S/C18H22FN3O/c1-12(8-18(23)14-4-6-16(19)7-5-14)21-11-15-9-17(10-20)22(3)13(15)2/h4-7,9,12,18,21,23H,8,11H2,1-3H3. The van der Waals surface area contributed by atoms with Crippen molar-refractivity contribution < 1.29 is 9.50 Å². The quantitative estimate of drug-likeness (QED) is 0.861. The molecule has 1 aromatic carbocycles. The Morgan fingerprint density at radius 2 is 2.00 bits per heavy atom. The minimum absolute atomic E-state index is 0.0835. The summed E-state index contributed by atoms with van der Waals surface area (Å²) in [5.41, 5.74) is 3.48. The summed E-state index contributed by atoms with van der Waals surface area (Å²) < 4.78 is 14.8. The predicted molar refractivity (Wildman–Crippen MR) is 87.1 cm³/mol. The fourth-order valence-electron chi connectivity index (χ4n) is 2.57. The number of nitriles is 1.